The molecule has 31 heavy (non-hydrogen) atoms. The average Bonchev–Trinajstić information content (AvgIpc) is 3.43. The normalized spacial score (nSPS) is 19.6. The Balaban J connectivity index is 1.47. The van der Waals surface area contributed by atoms with E-state index in [9.17, 15) is 14.4 Å². The van der Waals surface area contributed by atoms with E-state index in [-0.39, 0.29) is 12.5 Å². The van der Waals surface area contributed by atoms with Crippen molar-refractivity contribution in [2.75, 3.05) is 13.7 Å². The van der Waals surface area contributed by atoms with Gasteiger partial charge in [-0.3, -0.25) is 14.9 Å². The molecule has 9 nitrogen and oxygen atoms in total. The summed E-state index contributed by atoms with van der Waals surface area (Å²) in [6.07, 6.45) is 3.35. The van der Waals surface area contributed by atoms with E-state index in [0.29, 0.717) is 23.4 Å². The first-order valence-corrected chi connectivity index (χ1v) is 9.53. The van der Waals surface area contributed by atoms with Gasteiger partial charge in [-0.25, -0.2) is 9.78 Å². The molecule has 1 saturated heterocycles. The number of ether oxygens (including phenoxy) is 1. The lowest BCUT2D eigenvalue weighted by Gasteiger charge is -2.26. The van der Waals surface area contributed by atoms with E-state index in [2.05, 4.69) is 32.4 Å². The van der Waals surface area contributed by atoms with Crippen LogP contribution in [0.5, 0.6) is 5.75 Å². The minimum absolute atomic E-state index is 0.0900. The monoisotopic (exact) mass is 415 g/mol. The van der Waals surface area contributed by atoms with Crippen LogP contribution in [0.3, 0.4) is 0 Å². The predicted octanol–water partition coefficient (Wildman–Crippen LogP) is 1.16. The molecular weight excluding hydrogens is 398 g/mol. The van der Waals surface area contributed by atoms with Crippen LogP contribution in [0.2, 0.25) is 0 Å². The van der Waals surface area contributed by atoms with Gasteiger partial charge in [0.25, 0.3) is 11.8 Å². The molecule has 1 fully saturated rings. The van der Waals surface area contributed by atoms with Crippen LogP contribution in [0.4, 0.5) is 4.79 Å². The molecule has 0 aliphatic carbocycles. The molecule has 9 heteroatoms. The number of imide groups is 1. The van der Waals surface area contributed by atoms with Gasteiger partial charge in [0.2, 0.25) is 5.54 Å². The van der Waals surface area contributed by atoms with Crippen molar-refractivity contribution in [1.29, 1.82) is 0 Å². The van der Waals surface area contributed by atoms with Crippen molar-refractivity contribution < 1.29 is 19.1 Å². The smallest absolute Gasteiger partial charge is 0.323 e. The van der Waals surface area contributed by atoms with Gasteiger partial charge in [-0.15, -0.1) is 0 Å². The van der Waals surface area contributed by atoms with E-state index in [1.807, 2.05) is 18.2 Å². The van der Waals surface area contributed by atoms with Gasteiger partial charge < -0.3 is 19.9 Å². The van der Waals surface area contributed by atoms with Crippen LogP contribution >= 0.6 is 0 Å². The number of nitrogens with zero attached hydrogens (tertiary/aromatic N) is 2. The van der Waals surface area contributed by atoms with Crippen molar-refractivity contribution in [2.45, 2.75) is 12.1 Å². The summed E-state index contributed by atoms with van der Waals surface area (Å²) in [6.45, 7) is 0.217. The third-order valence-corrected chi connectivity index (χ3v) is 5.39. The lowest BCUT2D eigenvalue weighted by molar-refractivity contribution is -0.122. The molecule has 154 valence electrons. The number of fused-ring (bicyclic) bond motifs is 2. The number of methoxy groups -OCH3 is 1. The quantitative estimate of drug-likeness (QED) is 0.438. The lowest BCUT2D eigenvalue weighted by atomic mass is 9.99. The Hall–Kier alpha value is -4.32. The molecule has 0 spiro atoms. The van der Waals surface area contributed by atoms with Gasteiger partial charge in [0, 0.05) is 35.5 Å². The Morgan fingerprint density at radius 1 is 1.23 bits per heavy atom. The van der Waals surface area contributed by atoms with Gasteiger partial charge in [-0.2, -0.15) is 0 Å². The molecule has 0 bridgehead atoms. The third-order valence-electron chi connectivity index (χ3n) is 5.39. The summed E-state index contributed by atoms with van der Waals surface area (Å²) >= 11 is 0. The van der Waals surface area contributed by atoms with Gasteiger partial charge in [0.05, 0.1) is 13.7 Å². The van der Waals surface area contributed by atoms with E-state index in [1.165, 1.54) is 12.0 Å². The maximum atomic E-state index is 12.9. The summed E-state index contributed by atoms with van der Waals surface area (Å²) < 4.78 is 5.20. The molecule has 1 aromatic carbocycles. The Kier molecular flexibility index (Phi) is 4.15. The fourth-order valence-corrected chi connectivity index (χ4v) is 3.80. The highest BCUT2D eigenvalue weighted by Gasteiger charge is 2.48. The van der Waals surface area contributed by atoms with E-state index in [0.717, 1.165) is 16.6 Å². The SMILES string of the molecule is COc1ccc2c(c1)C(=O)N(C[C@@]1(C#Cc3cnc4[nH]ccc4c3)NC(=O)NC1=O)C2. The summed E-state index contributed by atoms with van der Waals surface area (Å²) in [7, 11) is 1.53. The average molecular weight is 415 g/mol. The number of H-pyrrole nitrogens is 1. The molecular formula is C22H17N5O4. The van der Waals surface area contributed by atoms with Crippen LogP contribution in [-0.4, -0.2) is 51.9 Å². The van der Waals surface area contributed by atoms with Crippen LogP contribution in [0.1, 0.15) is 21.5 Å². The zero-order valence-electron chi connectivity index (χ0n) is 16.5. The summed E-state index contributed by atoms with van der Waals surface area (Å²) in [5.41, 5.74) is 1.07. The zero-order chi connectivity index (χ0) is 21.6. The number of carbonyl (C=O) groups excluding carboxylic acids is 3. The van der Waals surface area contributed by atoms with Crippen LogP contribution in [0, 0.1) is 11.8 Å². The number of rotatable bonds is 3. The van der Waals surface area contributed by atoms with Crippen molar-refractivity contribution in [1.82, 2.24) is 25.5 Å². The highest BCUT2D eigenvalue weighted by Crippen LogP contribution is 2.28. The maximum absolute atomic E-state index is 12.9. The Morgan fingerprint density at radius 3 is 2.87 bits per heavy atom. The fraction of sp³-hybridized carbons (Fsp3) is 0.182. The zero-order valence-corrected chi connectivity index (χ0v) is 16.5. The second-order valence-electron chi connectivity index (χ2n) is 7.39. The topological polar surface area (TPSA) is 116 Å². The molecule has 2 aromatic heterocycles. The summed E-state index contributed by atoms with van der Waals surface area (Å²) in [6, 6.07) is 8.30. The number of pyridine rings is 1. The number of carbonyl (C=O) groups is 3. The van der Waals surface area contributed by atoms with Crippen molar-refractivity contribution in [3.05, 3.63) is 59.4 Å². The summed E-state index contributed by atoms with van der Waals surface area (Å²) in [5, 5.41) is 5.70. The van der Waals surface area contributed by atoms with Crippen molar-refractivity contribution in [2.24, 2.45) is 0 Å². The van der Waals surface area contributed by atoms with Crippen molar-refractivity contribution >= 4 is 28.9 Å². The van der Waals surface area contributed by atoms with E-state index in [4.69, 9.17) is 4.74 Å². The number of benzene rings is 1. The van der Waals surface area contributed by atoms with Crippen LogP contribution in [0.15, 0.2) is 42.7 Å². The van der Waals surface area contributed by atoms with E-state index >= 15 is 0 Å². The number of amides is 4. The summed E-state index contributed by atoms with van der Waals surface area (Å²) in [5.74, 6) is 5.54. The maximum Gasteiger partial charge on any atom is 0.323 e. The van der Waals surface area contributed by atoms with Crippen LogP contribution in [-0.2, 0) is 11.3 Å². The Morgan fingerprint density at radius 2 is 2.10 bits per heavy atom. The molecule has 2 aliphatic heterocycles. The van der Waals surface area contributed by atoms with Crippen molar-refractivity contribution in [3.8, 4) is 17.6 Å². The molecule has 5 rings (SSSR count). The molecule has 0 saturated carbocycles. The van der Waals surface area contributed by atoms with Crippen LogP contribution in [0.25, 0.3) is 11.0 Å². The number of aromatic amines is 1. The van der Waals surface area contributed by atoms with Gasteiger partial charge >= 0.3 is 6.03 Å². The molecule has 3 N–H and O–H groups in total. The standard InChI is InChI=1S/C22H17N5O4/c1-31-16-3-2-15-11-27(19(28)17(15)9-16)12-22(20(29)25-21(30)26-22)6-4-13-8-14-5-7-23-18(14)24-10-13/h2-3,5,7-10H,11-12H2,1H3,(H,23,24)(H2,25,26,29,30)/t22-/m1/s1. The minimum atomic E-state index is -1.56. The molecule has 4 amide bonds. The van der Waals surface area contributed by atoms with Gasteiger partial charge in [-0.05, 0) is 29.8 Å². The highest BCUT2D eigenvalue weighted by atomic mass is 16.5. The highest BCUT2D eigenvalue weighted by molar-refractivity contribution is 6.10. The van der Waals surface area contributed by atoms with Crippen LogP contribution < -0.4 is 15.4 Å². The number of nitrogens with one attached hydrogen (secondary N) is 3. The van der Waals surface area contributed by atoms with E-state index in [1.54, 1.807) is 24.5 Å². The predicted molar refractivity (Wildman–Crippen MR) is 110 cm³/mol. The summed E-state index contributed by atoms with van der Waals surface area (Å²) in [4.78, 5) is 46.3. The van der Waals surface area contributed by atoms with Crippen molar-refractivity contribution in [3.63, 3.8) is 0 Å². The first-order chi connectivity index (χ1) is 15.0. The molecule has 4 heterocycles. The lowest BCUT2D eigenvalue weighted by Crippen LogP contribution is -2.54. The fourth-order valence-electron chi connectivity index (χ4n) is 3.80. The molecule has 0 unspecified atom stereocenters. The Bertz CT molecular complexity index is 1320. The molecule has 0 radical (unpaired) electrons. The van der Waals surface area contributed by atoms with Gasteiger partial charge in [-0.1, -0.05) is 17.9 Å². The second-order valence-corrected chi connectivity index (χ2v) is 7.39. The minimum Gasteiger partial charge on any atom is -0.497 e. The molecule has 3 aromatic rings. The number of urea groups is 1. The van der Waals surface area contributed by atoms with Gasteiger partial charge in [0.1, 0.15) is 11.4 Å². The largest absolute Gasteiger partial charge is 0.497 e. The van der Waals surface area contributed by atoms with Gasteiger partial charge in [0.15, 0.2) is 0 Å². The Labute approximate surface area is 176 Å². The first kappa shape index (κ1) is 18.7. The third kappa shape index (κ3) is 3.14. The first-order valence-electron chi connectivity index (χ1n) is 9.53. The number of hydrogen-bond donors (Lipinski definition) is 3. The van der Waals surface area contributed by atoms with E-state index < -0.39 is 17.5 Å². The molecule has 2 aliphatic rings. The number of aromatic nitrogens is 2. The number of hydrogen-bond acceptors (Lipinski definition) is 5. The second kappa shape index (κ2) is 6.88. The molecule has 1 atom stereocenters.